The van der Waals surface area contributed by atoms with E-state index in [-0.39, 0.29) is 12.2 Å². The third kappa shape index (κ3) is 5.85. The van der Waals surface area contributed by atoms with Gasteiger partial charge in [0.15, 0.2) is 6.23 Å². The summed E-state index contributed by atoms with van der Waals surface area (Å²) in [5.74, 6) is -0.218. The Morgan fingerprint density at radius 1 is 1.55 bits per heavy atom. The Morgan fingerprint density at radius 3 is 2.55 bits per heavy atom. The molecule has 66 valence electrons. The molecule has 0 heterocycles. The summed E-state index contributed by atoms with van der Waals surface area (Å²) in [6, 6.07) is 0. The Labute approximate surface area is 68.1 Å². The molecule has 3 heteroatoms. The number of carbonyl (C=O) groups is 1. The number of hydrogen-bond donors (Lipinski definition) is 1. The smallest absolute Gasteiger partial charge is 0.304 e. The lowest BCUT2D eigenvalue weighted by atomic mass is 10.3. The number of nitrogens with one attached hydrogen (secondary N) is 1. The van der Waals surface area contributed by atoms with Gasteiger partial charge in [0.2, 0.25) is 0 Å². The summed E-state index contributed by atoms with van der Waals surface area (Å²) >= 11 is 0. The summed E-state index contributed by atoms with van der Waals surface area (Å²) in [4.78, 5) is 10.5. The van der Waals surface area contributed by atoms with Gasteiger partial charge in [-0.25, -0.2) is 0 Å². The molecular weight excluding hydrogens is 142 g/mol. The second-order valence-corrected chi connectivity index (χ2v) is 2.44. The largest absolute Gasteiger partial charge is 0.447 e. The maximum Gasteiger partial charge on any atom is 0.304 e. The van der Waals surface area contributed by atoms with Crippen LogP contribution in [0, 0.1) is 0 Å². The van der Waals surface area contributed by atoms with Crippen molar-refractivity contribution in [3.8, 4) is 0 Å². The number of carbonyl (C=O) groups excluding carboxylic acids is 1. The van der Waals surface area contributed by atoms with Gasteiger partial charge in [-0.15, -0.1) is 0 Å². The standard InChI is InChI=1S/C8H17NO2/c1-4-6-8(9-5-2)11-7(3)10/h8-9H,4-6H2,1-3H3. The van der Waals surface area contributed by atoms with Crippen LogP contribution in [0.1, 0.15) is 33.6 Å². The van der Waals surface area contributed by atoms with Crippen molar-refractivity contribution in [3.63, 3.8) is 0 Å². The Kier molecular flexibility index (Phi) is 5.84. The van der Waals surface area contributed by atoms with E-state index in [1.807, 2.05) is 6.92 Å². The van der Waals surface area contributed by atoms with Crippen molar-refractivity contribution in [2.45, 2.75) is 39.8 Å². The third-order valence-corrected chi connectivity index (χ3v) is 1.29. The fraction of sp³-hybridized carbons (Fsp3) is 0.875. The van der Waals surface area contributed by atoms with E-state index in [9.17, 15) is 4.79 Å². The first kappa shape index (κ1) is 10.4. The highest BCUT2D eigenvalue weighted by molar-refractivity contribution is 5.66. The van der Waals surface area contributed by atoms with Gasteiger partial charge in [0, 0.05) is 6.92 Å². The zero-order chi connectivity index (χ0) is 8.69. The van der Waals surface area contributed by atoms with E-state index in [1.54, 1.807) is 0 Å². The maximum absolute atomic E-state index is 10.5. The van der Waals surface area contributed by atoms with Crippen LogP contribution in [-0.2, 0) is 9.53 Å². The fourth-order valence-electron chi connectivity index (χ4n) is 0.893. The number of rotatable bonds is 5. The minimum Gasteiger partial charge on any atom is -0.447 e. The number of hydrogen-bond acceptors (Lipinski definition) is 3. The van der Waals surface area contributed by atoms with E-state index >= 15 is 0 Å². The summed E-state index contributed by atoms with van der Waals surface area (Å²) in [5.41, 5.74) is 0. The molecule has 0 rings (SSSR count). The van der Waals surface area contributed by atoms with Gasteiger partial charge in [-0.05, 0) is 13.0 Å². The van der Waals surface area contributed by atoms with Crippen LogP contribution in [0.5, 0.6) is 0 Å². The highest BCUT2D eigenvalue weighted by atomic mass is 16.6. The van der Waals surface area contributed by atoms with Gasteiger partial charge in [-0.1, -0.05) is 20.3 Å². The second kappa shape index (κ2) is 6.16. The van der Waals surface area contributed by atoms with E-state index in [0.29, 0.717) is 0 Å². The Hall–Kier alpha value is -0.570. The highest BCUT2D eigenvalue weighted by Gasteiger charge is 2.07. The van der Waals surface area contributed by atoms with Crippen molar-refractivity contribution in [1.29, 1.82) is 0 Å². The van der Waals surface area contributed by atoms with E-state index < -0.39 is 0 Å². The first-order valence-corrected chi connectivity index (χ1v) is 4.11. The molecule has 0 spiro atoms. The van der Waals surface area contributed by atoms with Crippen LogP contribution < -0.4 is 5.32 Å². The van der Waals surface area contributed by atoms with Crippen LogP contribution in [0.15, 0.2) is 0 Å². The van der Waals surface area contributed by atoms with Crippen molar-refractivity contribution in [2.75, 3.05) is 6.54 Å². The molecule has 0 aromatic heterocycles. The molecule has 1 N–H and O–H groups in total. The first-order valence-electron chi connectivity index (χ1n) is 4.11. The maximum atomic E-state index is 10.5. The van der Waals surface area contributed by atoms with E-state index in [1.165, 1.54) is 6.92 Å². The quantitative estimate of drug-likeness (QED) is 0.485. The second-order valence-electron chi connectivity index (χ2n) is 2.44. The van der Waals surface area contributed by atoms with Gasteiger partial charge in [-0.2, -0.15) is 0 Å². The van der Waals surface area contributed by atoms with E-state index in [4.69, 9.17) is 4.74 Å². The predicted octanol–water partition coefficient (Wildman–Crippen LogP) is 1.29. The Balaban J connectivity index is 3.59. The Morgan fingerprint density at radius 2 is 2.18 bits per heavy atom. The van der Waals surface area contributed by atoms with Gasteiger partial charge in [0.05, 0.1) is 0 Å². The van der Waals surface area contributed by atoms with Crippen LogP contribution in [0.4, 0.5) is 0 Å². The molecule has 1 unspecified atom stereocenters. The molecule has 0 bridgehead atoms. The molecule has 0 aliphatic heterocycles. The van der Waals surface area contributed by atoms with Crippen molar-refractivity contribution in [2.24, 2.45) is 0 Å². The van der Waals surface area contributed by atoms with Crippen LogP contribution in [0.25, 0.3) is 0 Å². The van der Waals surface area contributed by atoms with Gasteiger partial charge < -0.3 is 4.74 Å². The third-order valence-electron chi connectivity index (χ3n) is 1.29. The average Bonchev–Trinajstić information content (AvgIpc) is 1.87. The normalized spacial score (nSPS) is 12.6. The molecule has 0 saturated heterocycles. The monoisotopic (exact) mass is 159 g/mol. The van der Waals surface area contributed by atoms with Crippen molar-refractivity contribution in [3.05, 3.63) is 0 Å². The lowest BCUT2D eigenvalue weighted by Gasteiger charge is -2.16. The zero-order valence-electron chi connectivity index (χ0n) is 7.52. The van der Waals surface area contributed by atoms with E-state index in [0.717, 1.165) is 19.4 Å². The number of ether oxygens (including phenoxy) is 1. The van der Waals surface area contributed by atoms with Crippen molar-refractivity contribution >= 4 is 5.97 Å². The zero-order valence-corrected chi connectivity index (χ0v) is 7.52. The van der Waals surface area contributed by atoms with Crippen LogP contribution >= 0.6 is 0 Å². The molecule has 1 atom stereocenters. The highest BCUT2D eigenvalue weighted by Crippen LogP contribution is 1.98. The molecule has 0 radical (unpaired) electrons. The van der Waals surface area contributed by atoms with Gasteiger partial charge in [0.1, 0.15) is 0 Å². The minimum atomic E-state index is -0.218. The fourth-order valence-corrected chi connectivity index (χ4v) is 0.893. The molecule has 0 aromatic carbocycles. The summed E-state index contributed by atoms with van der Waals surface area (Å²) in [7, 11) is 0. The molecule has 11 heavy (non-hydrogen) atoms. The van der Waals surface area contributed by atoms with Gasteiger partial charge in [-0.3, -0.25) is 10.1 Å². The topological polar surface area (TPSA) is 38.3 Å². The van der Waals surface area contributed by atoms with Crippen LogP contribution in [-0.4, -0.2) is 18.7 Å². The number of esters is 1. The predicted molar refractivity (Wildman–Crippen MR) is 44.1 cm³/mol. The molecule has 0 aromatic rings. The summed E-state index contributed by atoms with van der Waals surface area (Å²) in [5, 5.41) is 3.07. The van der Waals surface area contributed by atoms with Crippen LogP contribution in [0.3, 0.4) is 0 Å². The molecule has 0 aliphatic rings. The molecular formula is C8H17NO2. The first-order chi connectivity index (χ1) is 5.20. The molecule has 0 fully saturated rings. The Bertz CT molecular complexity index is 109. The molecule has 0 aliphatic carbocycles. The molecule has 0 amide bonds. The lowest BCUT2D eigenvalue weighted by molar-refractivity contribution is -0.148. The van der Waals surface area contributed by atoms with Crippen molar-refractivity contribution in [1.82, 2.24) is 5.32 Å². The summed E-state index contributed by atoms with van der Waals surface area (Å²) in [6.07, 6.45) is 1.81. The van der Waals surface area contributed by atoms with Crippen LogP contribution in [0.2, 0.25) is 0 Å². The average molecular weight is 159 g/mol. The lowest BCUT2D eigenvalue weighted by Crippen LogP contribution is -2.32. The van der Waals surface area contributed by atoms with Gasteiger partial charge >= 0.3 is 5.97 Å². The minimum absolute atomic E-state index is 0.0949. The van der Waals surface area contributed by atoms with Crippen molar-refractivity contribution < 1.29 is 9.53 Å². The summed E-state index contributed by atoms with van der Waals surface area (Å²) < 4.78 is 4.98. The summed E-state index contributed by atoms with van der Waals surface area (Å²) in [6.45, 7) is 6.32. The van der Waals surface area contributed by atoms with E-state index in [2.05, 4.69) is 12.2 Å². The van der Waals surface area contributed by atoms with Gasteiger partial charge in [0.25, 0.3) is 0 Å². The molecule has 3 nitrogen and oxygen atoms in total. The SMILES string of the molecule is CCCC(NCC)OC(C)=O. The molecule has 0 saturated carbocycles.